The summed E-state index contributed by atoms with van der Waals surface area (Å²) in [5.41, 5.74) is 0. The summed E-state index contributed by atoms with van der Waals surface area (Å²) in [6.45, 7) is 0. The van der Waals surface area contributed by atoms with E-state index in [0.29, 0.717) is 0 Å². The van der Waals surface area contributed by atoms with E-state index in [9.17, 15) is 0 Å². The Labute approximate surface area is 52.0 Å². The van der Waals surface area contributed by atoms with Gasteiger partial charge in [0, 0.05) is 0 Å². The first-order chi connectivity index (χ1) is 1.41. The van der Waals surface area contributed by atoms with E-state index >= 15 is 0 Å². The maximum absolute atomic E-state index is 3.50. The third kappa shape index (κ3) is 11.5. The second kappa shape index (κ2) is 8.96. The smallest absolute Gasteiger partial charge is 0.668 e. The van der Waals surface area contributed by atoms with Crippen LogP contribution in [0.25, 0.3) is 5.32 Å². The molecule has 0 fully saturated rings. The molecular formula is C2H6NY+2. The van der Waals surface area contributed by atoms with Crippen molar-refractivity contribution in [2.24, 2.45) is 0 Å². The molecule has 4 heavy (non-hydrogen) atoms. The zero-order valence-corrected chi connectivity index (χ0v) is 5.86. The molecule has 0 radical (unpaired) electrons. The molecule has 0 amide bonds. The first-order valence-electron chi connectivity index (χ1n) is 0.894. The van der Waals surface area contributed by atoms with Gasteiger partial charge in [0.15, 0.2) is 0 Å². The van der Waals surface area contributed by atoms with Gasteiger partial charge >= 0.3 is 32.7 Å². The molecule has 0 aromatic rings. The second-order valence-corrected chi connectivity index (χ2v) is 0.447. The minimum atomic E-state index is 0. The Hall–Kier alpha value is 1.06. The third-order valence-corrected chi connectivity index (χ3v) is 0. The van der Waals surface area contributed by atoms with Crippen LogP contribution in [-0.4, -0.2) is 14.1 Å². The average molecular weight is 133 g/mol. The van der Waals surface area contributed by atoms with Crippen LogP contribution in [0.2, 0.25) is 0 Å². The molecule has 0 aliphatic carbocycles. The Balaban J connectivity index is 0. The van der Waals surface area contributed by atoms with Crippen molar-refractivity contribution in [1.29, 1.82) is 0 Å². The van der Waals surface area contributed by atoms with Crippen molar-refractivity contribution in [3.8, 4) is 0 Å². The van der Waals surface area contributed by atoms with E-state index in [1.807, 2.05) is 0 Å². The molecule has 0 heterocycles. The van der Waals surface area contributed by atoms with Gasteiger partial charge in [-0.2, -0.15) is 14.1 Å². The molecule has 0 aliphatic heterocycles. The van der Waals surface area contributed by atoms with Gasteiger partial charge in [0.25, 0.3) is 0 Å². The van der Waals surface area contributed by atoms with E-state index in [1.165, 1.54) is 0 Å². The van der Waals surface area contributed by atoms with Crippen molar-refractivity contribution in [2.45, 2.75) is 0 Å². The molecule has 2 heteroatoms. The van der Waals surface area contributed by atoms with Crippen molar-refractivity contribution in [3.63, 3.8) is 0 Å². The van der Waals surface area contributed by atoms with Gasteiger partial charge in [-0.15, -0.1) is 0 Å². The minimum Gasteiger partial charge on any atom is -0.668 e. The van der Waals surface area contributed by atoms with E-state index in [-0.39, 0.29) is 32.7 Å². The maximum Gasteiger partial charge on any atom is 3.00 e. The molecule has 0 aromatic carbocycles. The Kier molecular flexibility index (Phi) is 19.9. The Bertz CT molecular complexity index is 6.00. The van der Waals surface area contributed by atoms with Crippen LogP contribution < -0.4 is 0 Å². The van der Waals surface area contributed by atoms with Crippen LogP contribution in [0, 0.1) is 0 Å². The van der Waals surface area contributed by atoms with Gasteiger partial charge in [-0.3, -0.25) is 0 Å². The number of rotatable bonds is 0. The van der Waals surface area contributed by atoms with Crippen molar-refractivity contribution in [2.75, 3.05) is 14.1 Å². The van der Waals surface area contributed by atoms with Gasteiger partial charge in [0.2, 0.25) is 0 Å². The maximum atomic E-state index is 3.50. The first kappa shape index (κ1) is 8.91. The van der Waals surface area contributed by atoms with Gasteiger partial charge in [-0.25, -0.2) is 0 Å². The summed E-state index contributed by atoms with van der Waals surface area (Å²) in [7, 11) is 3.50. The topological polar surface area (TPSA) is 14.1 Å². The van der Waals surface area contributed by atoms with E-state index in [4.69, 9.17) is 0 Å². The fraction of sp³-hybridized carbons (Fsp3) is 1.00. The Morgan fingerprint density at radius 1 is 1.25 bits per heavy atom. The molecule has 0 aromatic heterocycles. The van der Waals surface area contributed by atoms with Crippen LogP contribution in [0.4, 0.5) is 0 Å². The van der Waals surface area contributed by atoms with Crippen LogP contribution in [0.5, 0.6) is 0 Å². The number of nitrogens with zero attached hydrogens (tertiary/aromatic N) is 1. The Morgan fingerprint density at radius 2 is 1.25 bits per heavy atom. The molecule has 0 rings (SSSR count). The fourth-order valence-corrected chi connectivity index (χ4v) is 0. The largest absolute Gasteiger partial charge is 3.00 e. The van der Waals surface area contributed by atoms with Crippen LogP contribution in [0.15, 0.2) is 0 Å². The van der Waals surface area contributed by atoms with E-state index in [1.54, 1.807) is 14.1 Å². The SMILES string of the molecule is C[N-]C.[Y+3]. The van der Waals surface area contributed by atoms with Crippen LogP contribution >= 0.6 is 0 Å². The quantitative estimate of drug-likeness (QED) is 0.459. The van der Waals surface area contributed by atoms with Crippen molar-refractivity contribution < 1.29 is 32.7 Å². The molecule has 0 spiro atoms. The van der Waals surface area contributed by atoms with Crippen LogP contribution in [0.1, 0.15) is 0 Å². The van der Waals surface area contributed by atoms with Crippen LogP contribution in [-0.2, 0) is 32.7 Å². The molecule has 20 valence electrons. The number of hydrogen-bond donors (Lipinski definition) is 0. The van der Waals surface area contributed by atoms with E-state index in [0.717, 1.165) is 0 Å². The average Bonchev–Trinajstić information content (AvgIpc) is 0.918. The van der Waals surface area contributed by atoms with E-state index in [2.05, 4.69) is 5.32 Å². The Morgan fingerprint density at radius 3 is 1.25 bits per heavy atom. The summed E-state index contributed by atoms with van der Waals surface area (Å²) in [6, 6.07) is 0. The molecule has 0 bridgehead atoms. The monoisotopic (exact) mass is 133 g/mol. The summed E-state index contributed by atoms with van der Waals surface area (Å²) >= 11 is 0. The summed E-state index contributed by atoms with van der Waals surface area (Å²) in [6.07, 6.45) is 0. The summed E-state index contributed by atoms with van der Waals surface area (Å²) in [5.74, 6) is 0. The molecule has 0 saturated carbocycles. The molecular weight excluding hydrogens is 127 g/mol. The van der Waals surface area contributed by atoms with Gasteiger partial charge in [0.1, 0.15) is 0 Å². The molecule has 0 unspecified atom stereocenters. The predicted molar refractivity (Wildman–Crippen MR) is 15.2 cm³/mol. The zero-order chi connectivity index (χ0) is 2.71. The summed E-state index contributed by atoms with van der Waals surface area (Å²) in [5, 5.41) is 3.50. The first-order valence-corrected chi connectivity index (χ1v) is 0.894. The number of hydrogen-bond acceptors (Lipinski definition) is 0. The zero-order valence-electron chi connectivity index (χ0n) is 3.02. The minimum absolute atomic E-state index is 0. The van der Waals surface area contributed by atoms with Crippen molar-refractivity contribution >= 4 is 0 Å². The van der Waals surface area contributed by atoms with Gasteiger partial charge in [-0.1, -0.05) is 0 Å². The van der Waals surface area contributed by atoms with E-state index < -0.39 is 0 Å². The van der Waals surface area contributed by atoms with Gasteiger partial charge in [-0.05, 0) is 0 Å². The molecule has 0 N–H and O–H groups in total. The molecule has 0 saturated heterocycles. The van der Waals surface area contributed by atoms with Crippen molar-refractivity contribution in [3.05, 3.63) is 5.32 Å². The van der Waals surface area contributed by atoms with Crippen molar-refractivity contribution in [1.82, 2.24) is 0 Å². The fourth-order valence-electron chi connectivity index (χ4n) is 0. The predicted octanol–water partition coefficient (Wildman–Crippen LogP) is 0.617. The van der Waals surface area contributed by atoms with Gasteiger partial charge < -0.3 is 5.32 Å². The summed E-state index contributed by atoms with van der Waals surface area (Å²) in [4.78, 5) is 0. The van der Waals surface area contributed by atoms with Crippen LogP contribution in [0.3, 0.4) is 0 Å². The normalized spacial score (nSPS) is 4.50. The third-order valence-electron chi connectivity index (χ3n) is 0. The molecule has 1 nitrogen and oxygen atoms in total. The summed E-state index contributed by atoms with van der Waals surface area (Å²) < 4.78 is 0. The molecule has 0 aliphatic rings. The van der Waals surface area contributed by atoms with Gasteiger partial charge in [0.05, 0.1) is 0 Å². The standard InChI is InChI=1S/C2H6N.Y/c1-3-2;/h1-2H3;/q-1;+3. The second-order valence-electron chi connectivity index (χ2n) is 0.447. The molecule has 0 atom stereocenters.